The number of carboxylic acid groups (broad SMARTS) is 1. The molecule has 84 valence electrons. The molecule has 0 aromatic rings. The van der Waals surface area contributed by atoms with Gasteiger partial charge < -0.3 is 19.5 Å². The molecule has 0 aromatic carbocycles. The quantitative estimate of drug-likeness (QED) is 0.556. The van der Waals surface area contributed by atoms with Crippen LogP contribution in [0.4, 0.5) is 0 Å². The molecular formula is C9H15N3O3. The molecule has 6 nitrogen and oxygen atoms in total. The van der Waals surface area contributed by atoms with Gasteiger partial charge in [-0.25, -0.2) is 0 Å². The van der Waals surface area contributed by atoms with E-state index in [9.17, 15) is 9.90 Å². The van der Waals surface area contributed by atoms with Crippen LogP contribution in [-0.4, -0.2) is 49.4 Å². The molecule has 0 aliphatic heterocycles. The zero-order valence-electron chi connectivity index (χ0n) is 9.10. The van der Waals surface area contributed by atoms with Crippen molar-refractivity contribution in [2.24, 2.45) is 0 Å². The van der Waals surface area contributed by atoms with Gasteiger partial charge in [-0.3, -0.25) is 0 Å². The summed E-state index contributed by atoms with van der Waals surface area (Å²) in [7, 11) is 5.66. The lowest BCUT2D eigenvalue weighted by molar-refractivity contribution is -0.873. The summed E-state index contributed by atoms with van der Waals surface area (Å²) in [6, 6.07) is 2.47. The monoisotopic (exact) mass is 213 g/mol. The zero-order valence-corrected chi connectivity index (χ0v) is 9.10. The minimum Gasteiger partial charge on any atom is -0.550 e. The van der Waals surface area contributed by atoms with Gasteiger partial charge in [-0.05, 0) is 0 Å². The van der Waals surface area contributed by atoms with E-state index in [-0.39, 0.29) is 6.42 Å². The number of hydrogen-bond acceptors (Lipinski definition) is 5. The molecule has 0 fully saturated rings. The maximum Gasteiger partial charge on any atom is 0.181 e. The predicted molar refractivity (Wildman–Crippen MR) is 49.8 cm³/mol. The topological polar surface area (TPSA) is 108 Å². The van der Waals surface area contributed by atoms with Crippen molar-refractivity contribution in [3.8, 4) is 12.1 Å². The summed E-state index contributed by atoms with van der Waals surface area (Å²) in [5.74, 6) is -1.20. The third kappa shape index (κ3) is 19.0. The van der Waals surface area contributed by atoms with Crippen LogP contribution in [0.15, 0.2) is 0 Å². The Balaban J connectivity index is 0. The zero-order chi connectivity index (χ0) is 12.5. The Hall–Kier alpha value is -1.63. The molecule has 1 atom stereocenters. The fourth-order valence-corrected chi connectivity index (χ4v) is 0.889. The first-order valence-corrected chi connectivity index (χ1v) is 4.19. The molecule has 0 aliphatic carbocycles. The van der Waals surface area contributed by atoms with Crippen LogP contribution in [0.5, 0.6) is 0 Å². The van der Waals surface area contributed by atoms with Gasteiger partial charge >= 0.3 is 0 Å². The maximum absolute atomic E-state index is 10.0. The minimum absolute atomic E-state index is 0.282. The number of aliphatic carboxylic acids is 1. The largest absolute Gasteiger partial charge is 0.550 e. The van der Waals surface area contributed by atoms with Gasteiger partial charge in [0.15, 0.2) is 12.1 Å². The summed E-state index contributed by atoms with van der Waals surface area (Å²) in [5, 5.41) is 33.7. The molecule has 6 heteroatoms. The molecule has 0 amide bonds. The smallest absolute Gasteiger partial charge is 0.181 e. The number of likely N-dealkylation sites (N-methyl/N-ethyl adjacent to an activating group) is 1. The standard InChI is InChI=1S/C7H15NO3.C2N2/c1-8(2,3)5-6(9)4-7(10)11;3-1-2-4/h6,9H,4-5H2,1-3H3;. The van der Waals surface area contributed by atoms with Gasteiger partial charge in [0, 0.05) is 12.4 Å². The van der Waals surface area contributed by atoms with Gasteiger partial charge in [-0.2, -0.15) is 10.5 Å². The molecule has 15 heavy (non-hydrogen) atoms. The number of quaternary nitrogens is 1. The predicted octanol–water partition coefficient (Wildman–Crippen LogP) is -1.77. The van der Waals surface area contributed by atoms with Gasteiger partial charge in [-0.15, -0.1) is 0 Å². The highest BCUT2D eigenvalue weighted by molar-refractivity contribution is 5.64. The van der Waals surface area contributed by atoms with Crippen LogP contribution in [0, 0.1) is 22.7 Å². The van der Waals surface area contributed by atoms with Gasteiger partial charge in [0.1, 0.15) is 12.6 Å². The Morgan fingerprint density at radius 3 is 2.00 bits per heavy atom. The Morgan fingerprint density at radius 2 is 1.80 bits per heavy atom. The number of carbonyl (C=O) groups is 1. The molecule has 0 spiro atoms. The fraction of sp³-hybridized carbons (Fsp3) is 0.667. The van der Waals surface area contributed by atoms with Gasteiger partial charge in [0.25, 0.3) is 0 Å². The molecule has 1 N–H and O–H groups in total. The van der Waals surface area contributed by atoms with Crippen LogP contribution >= 0.6 is 0 Å². The molecule has 0 saturated heterocycles. The third-order valence-electron chi connectivity index (χ3n) is 1.21. The number of aliphatic hydroxyl groups is 1. The summed E-state index contributed by atoms with van der Waals surface area (Å²) in [4.78, 5) is 10.0. The lowest BCUT2D eigenvalue weighted by Crippen LogP contribution is -2.43. The second-order valence-electron chi connectivity index (χ2n) is 3.93. The van der Waals surface area contributed by atoms with Crippen molar-refractivity contribution in [3.63, 3.8) is 0 Å². The van der Waals surface area contributed by atoms with Crippen LogP contribution in [0.25, 0.3) is 0 Å². The third-order valence-corrected chi connectivity index (χ3v) is 1.21. The lowest BCUT2D eigenvalue weighted by atomic mass is 10.2. The summed E-state index contributed by atoms with van der Waals surface area (Å²) in [5.41, 5.74) is 0. The average Bonchev–Trinajstić information content (AvgIpc) is 1.99. The molecule has 0 heterocycles. The molecule has 0 radical (unpaired) electrons. The highest BCUT2D eigenvalue weighted by Gasteiger charge is 2.14. The number of carboxylic acids is 1. The first-order valence-electron chi connectivity index (χ1n) is 4.19. The van der Waals surface area contributed by atoms with Crippen molar-refractivity contribution in [1.29, 1.82) is 10.5 Å². The van der Waals surface area contributed by atoms with Gasteiger partial charge in [0.2, 0.25) is 0 Å². The van der Waals surface area contributed by atoms with Crippen molar-refractivity contribution in [2.75, 3.05) is 27.7 Å². The van der Waals surface area contributed by atoms with E-state index in [0.29, 0.717) is 11.0 Å². The second kappa shape index (κ2) is 7.74. The normalized spacial score (nSPS) is 11.3. The van der Waals surface area contributed by atoms with Crippen molar-refractivity contribution >= 4 is 5.97 Å². The molecule has 0 rings (SSSR count). The molecule has 0 bridgehead atoms. The first-order chi connectivity index (χ1) is 6.72. The van der Waals surface area contributed by atoms with Crippen molar-refractivity contribution in [3.05, 3.63) is 0 Å². The van der Waals surface area contributed by atoms with Crippen molar-refractivity contribution in [2.45, 2.75) is 12.5 Å². The van der Waals surface area contributed by atoms with Crippen LogP contribution in [0.3, 0.4) is 0 Å². The molecule has 0 aliphatic rings. The van der Waals surface area contributed by atoms with E-state index in [0.717, 1.165) is 0 Å². The summed E-state index contributed by atoms with van der Waals surface area (Å²) < 4.78 is 0.550. The SMILES string of the molecule is C[N+](C)(C)CC(O)CC(=O)[O-].N#CC#N. The highest BCUT2D eigenvalue weighted by atomic mass is 16.4. The molecule has 1 unspecified atom stereocenters. The van der Waals surface area contributed by atoms with E-state index in [4.69, 9.17) is 15.6 Å². The van der Waals surface area contributed by atoms with Gasteiger partial charge in [0.05, 0.1) is 21.1 Å². The lowest BCUT2D eigenvalue weighted by Gasteiger charge is -2.26. The number of aliphatic hydroxyl groups excluding tert-OH is 1. The average molecular weight is 213 g/mol. The Morgan fingerprint density at radius 1 is 1.40 bits per heavy atom. The number of nitrogens with zero attached hydrogens (tertiary/aromatic N) is 3. The Labute approximate surface area is 89.2 Å². The number of rotatable bonds is 4. The minimum atomic E-state index is -1.20. The Bertz CT molecular complexity index is 258. The fourth-order valence-electron chi connectivity index (χ4n) is 0.889. The Kier molecular flexibility index (Phi) is 8.17. The van der Waals surface area contributed by atoms with Crippen LogP contribution in [-0.2, 0) is 4.79 Å². The molecular weight excluding hydrogens is 198 g/mol. The summed E-state index contributed by atoms with van der Waals surface area (Å²) >= 11 is 0. The second-order valence-corrected chi connectivity index (χ2v) is 3.93. The van der Waals surface area contributed by atoms with E-state index in [1.807, 2.05) is 21.1 Å². The summed E-state index contributed by atoms with van der Waals surface area (Å²) in [6.45, 7) is 0.425. The maximum atomic E-state index is 10.0. The number of nitriles is 2. The molecule has 0 aromatic heterocycles. The van der Waals surface area contributed by atoms with Crippen LogP contribution in [0.2, 0.25) is 0 Å². The van der Waals surface area contributed by atoms with E-state index in [1.165, 1.54) is 12.1 Å². The van der Waals surface area contributed by atoms with Crippen LogP contribution < -0.4 is 5.11 Å². The number of carbonyl (C=O) groups excluding carboxylic acids is 1. The van der Waals surface area contributed by atoms with Crippen molar-refractivity contribution < 1.29 is 19.5 Å². The number of hydrogen-bond donors (Lipinski definition) is 1. The van der Waals surface area contributed by atoms with Crippen molar-refractivity contribution in [1.82, 2.24) is 0 Å². The van der Waals surface area contributed by atoms with E-state index in [2.05, 4.69) is 0 Å². The molecule has 0 saturated carbocycles. The van der Waals surface area contributed by atoms with E-state index >= 15 is 0 Å². The first kappa shape index (κ1) is 15.8. The van der Waals surface area contributed by atoms with E-state index in [1.54, 1.807) is 0 Å². The van der Waals surface area contributed by atoms with Gasteiger partial charge in [-0.1, -0.05) is 0 Å². The van der Waals surface area contributed by atoms with E-state index < -0.39 is 12.1 Å². The summed E-state index contributed by atoms with van der Waals surface area (Å²) in [6.07, 6.45) is -1.09. The highest BCUT2D eigenvalue weighted by Crippen LogP contribution is 1.97. The van der Waals surface area contributed by atoms with Crippen LogP contribution in [0.1, 0.15) is 6.42 Å².